The van der Waals surface area contributed by atoms with Crippen molar-refractivity contribution in [2.45, 2.75) is 52.5 Å². The molecule has 0 bridgehead atoms. The first-order valence-corrected chi connectivity index (χ1v) is 7.50. The molecule has 0 saturated heterocycles. The molecule has 0 radical (unpaired) electrons. The van der Waals surface area contributed by atoms with Crippen LogP contribution in [0.25, 0.3) is 5.69 Å². The number of benzene rings is 1. The molecule has 0 N–H and O–H groups in total. The third-order valence-corrected chi connectivity index (χ3v) is 3.60. The molecule has 3 heteroatoms. The van der Waals surface area contributed by atoms with Crippen LogP contribution in [0.5, 0.6) is 0 Å². The van der Waals surface area contributed by atoms with Crippen LogP contribution in [0.3, 0.4) is 0 Å². The largest absolute Gasteiger partial charge is 1.00 e. The number of halogens is 1. The van der Waals surface area contributed by atoms with Gasteiger partial charge >= 0.3 is 0 Å². The van der Waals surface area contributed by atoms with Crippen molar-refractivity contribution in [2.24, 2.45) is 0 Å². The Kier molecular flexibility index (Phi) is 7.88. The van der Waals surface area contributed by atoms with E-state index >= 15 is 0 Å². The van der Waals surface area contributed by atoms with Gasteiger partial charge in [0.2, 0.25) is 6.33 Å². The van der Waals surface area contributed by atoms with Crippen LogP contribution in [0.1, 0.15) is 45.1 Å². The SMILES string of the molecule is CCCCCCn1cc[n+](-c2ccc(CC)cc2)c1.[I-]. The van der Waals surface area contributed by atoms with Gasteiger partial charge < -0.3 is 24.0 Å². The highest BCUT2D eigenvalue weighted by Crippen LogP contribution is 2.05. The number of unbranched alkanes of at least 4 members (excludes halogenated alkanes) is 3. The molecule has 0 unspecified atom stereocenters. The quantitative estimate of drug-likeness (QED) is 0.381. The highest BCUT2D eigenvalue weighted by atomic mass is 127. The van der Waals surface area contributed by atoms with E-state index in [9.17, 15) is 0 Å². The number of hydrogen-bond acceptors (Lipinski definition) is 0. The van der Waals surface area contributed by atoms with Crippen molar-refractivity contribution in [2.75, 3.05) is 0 Å². The number of aryl methyl sites for hydroxylation is 2. The zero-order chi connectivity index (χ0) is 13.5. The monoisotopic (exact) mass is 384 g/mol. The Morgan fingerprint density at radius 1 is 1.00 bits per heavy atom. The van der Waals surface area contributed by atoms with Crippen molar-refractivity contribution in [1.82, 2.24) is 4.57 Å². The van der Waals surface area contributed by atoms with Crippen LogP contribution in [0.2, 0.25) is 0 Å². The Labute approximate surface area is 139 Å². The van der Waals surface area contributed by atoms with E-state index in [1.165, 1.54) is 36.9 Å². The Morgan fingerprint density at radius 3 is 2.40 bits per heavy atom. The summed E-state index contributed by atoms with van der Waals surface area (Å²) in [5, 5.41) is 0. The lowest BCUT2D eigenvalue weighted by atomic mass is 10.1. The fraction of sp³-hybridized carbons (Fsp3) is 0.471. The maximum atomic E-state index is 2.28. The Bertz CT molecular complexity index is 488. The number of imidazole rings is 1. The van der Waals surface area contributed by atoms with Crippen LogP contribution in [-0.2, 0) is 13.0 Å². The molecule has 2 aromatic rings. The summed E-state index contributed by atoms with van der Waals surface area (Å²) in [5.74, 6) is 0. The van der Waals surface area contributed by atoms with Crippen LogP contribution in [-0.4, -0.2) is 4.57 Å². The molecule has 1 aromatic carbocycles. The molecule has 2 nitrogen and oxygen atoms in total. The second kappa shape index (κ2) is 9.16. The molecular formula is C17H25IN2. The lowest BCUT2D eigenvalue weighted by Gasteiger charge is -1.98. The van der Waals surface area contributed by atoms with Gasteiger partial charge in [-0.15, -0.1) is 0 Å². The standard InChI is InChI=1S/C17H25N2.HI/c1-3-5-6-7-12-18-13-14-19(15-18)17-10-8-16(4-2)9-11-17;/h8-11,13-15H,3-7,12H2,1-2H3;1H/q+1;/p-1. The van der Waals surface area contributed by atoms with Gasteiger partial charge in [0.25, 0.3) is 0 Å². The van der Waals surface area contributed by atoms with E-state index < -0.39 is 0 Å². The van der Waals surface area contributed by atoms with Crippen LogP contribution >= 0.6 is 0 Å². The van der Waals surface area contributed by atoms with E-state index in [2.05, 4.69) is 66.0 Å². The van der Waals surface area contributed by atoms with E-state index in [4.69, 9.17) is 0 Å². The Morgan fingerprint density at radius 2 is 1.75 bits per heavy atom. The predicted octanol–water partition coefficient (Wildman–Crippen LogP) is 0.912. The molecule has 0 fully saturated rings. The van der Waals surface area contributed by atoms with Gasteiger partial charge in [-0.05, 0) is 37.0 Å². The number of rotatable bonds is 7. The first-order chi connectivity index (χ1) is 9.33. The molecule has 0 atom stereocenters. The van der Waals surface area contributed by atoms with Crippen molar-refractivity contribution in [1.29, 1.82) is 0 Å². The second-order valence-electron chi connectivity index (χ2n) is 5.14. The van der Waals surface area contributed by atoms with Crippen LogP contribution < -0.4 is 28.5 Å². The first kappa shape index (κ1) is 17.2. The van der Waals surface area contributed by atoms with Gasteiger partial charge in [0.15, 0.2) is 0 Å². The molecule has 0 aliphatic heterocycles. The fourth-order valence-electron chi connectivity index (χ4n) is 2.30. The van der Waals surface area contributed by atoms with E-state index in [-0.39, 0.29) is 24.0 Å². The summed E-state index contributed by atoms with van der Waals surface area (Å²) in [4.78, 5) is 0. The normalized spacial score (nSPS) is 10.3. The smallest absolute Gasteiger partial charge is 0.248 e. The van der Waals surface area contributed by atoms with Gasteiger partial charge in [0.1, 0.15) is 18.1 Å². The molecule has 0 aliphatic carbocycles. The molecule has 0 aliphatic rings. The van der Waals surface area contributed by atoms with Gasteiger partial charge in [-0.1, -0.05) is 38.8 Å². The number of aromatic nitrogens is 2. The minimum absolute atomic E-state index is 0. The van der Waals surface area contributed by atoms with E-state index in [1.54, 1.807) is 0 Å². The fourth-order valence-corrected chi connectivity index (χ4v) is 2.30. The number of nitrogens with zero attached hydrogens (tertiary/aromatic N) is 2. The van der Waals surface area contributed by atoms with Crippen molar-refractivity contribution in [3.05, 3.63) is 48.5 Å². The molecule has 0 saturated carbocycles. The lowest BCUT2D eigenvalue weighted by Crippen LogP contribution is -3.00. The molecule has 2 rings (SSSR count). The summed E-state index contributed by atoms with van der Waals surface area (Å²) in [6.07, 6.45) is 12.9. The van der Waals surface area contributed by atoms with Gasteiger partial charge in [-0.3, -0.25) is 0 Å². The zero-order valence-corrected chi connectivity index (χ0v) is 14.7. The predicted molar refractivity (Wildman–Crippen MR) is 79.5 cm³/mol. The molecule has 0 spiro atoms. The minimum atomic E-state index is 0. The minimum Gasteiger partial charge on any atom is -1.00 e. The first-order valence-electron chi connectivity index (χ1n) is 7.50. The molecule has 0 amide bonds. The van der Waals surface area contributed by atoms with Crippen LogP contribution in [0, 0.1) is 0 Å². The third kappa shape index (κ3) is 4.93. The number of hydrogen-bond donors (Lipinski definition) is 0. The Hall–Kier alpha value is -0.840. The van der Waals surface area contributed by atoms with Crippen molar-refractivity contribution >= 4 is 0 Å². The third-order valence-electron chi connectivity index (χ3n) is 3.60. The van der Waals surface area contributed by atoms with E-state index in [0.29, 0.717) is 0 Å². The van der Waals surface area contributed by atoms with E-state index in [1.807, 2.05) is 0 Å². The topological polar surface area (TPSA) is 8.81 Å². The molecule has 1 aromatic heterocycles. The molecule has 20 heavy (non-hydrogen) atoms. The molecule has 110 valence electrons. The maximum Gasteiger partial charge on any atom is 0.248 e. The summed E-state index contributed by atoms with van der Waals surface area (Å²) in [6, 6.07) is 8.81. The van der Waals surface area contributed by atoms with Crippen molar-refractivity contribution in [3.8, 4) is 5.69 Å². The summed E-state index contributed by atoms with van der Waals surface area (Å²) >= 11 is 0. The van der Waals surface area contributed by atoms with Crippen molar-refractivity contribution < 1.29 is 28.5 Å². The van der Waals surface area contributed by atoms with E-state index in [0.717, 1.165) is 13.0 Å². The van der Waals surface area contributed by atoms with Gasteiger partial charge in [0.05, 0.1) is 6.54 Å². The summed E-state index contributed by atoms with van der Waals surface area (Å²) < 4.78 is 4.47. The van der Waals surface area contributed by atoms with Gasteiger partial charge in [-0.25, -0.2) is 9.13 Å². The second-order valence-corrected chi connectivity index (χ2v) is 5.14. The average Bonchev–Trinajstić information content (AvgIpc) is 2.92. The highest BCUT2D eigenvalue weighted by molar-refractivity contribution is 5.27. The Balaban J connectivity index is 0.00000200. The molecule has 1 heterocycles. The van der Waals surface area contributed by atoms with Crippen LogP contribution in [0.15, 0.2) is 43.0 Å². The molecular weight excluding hydrogens is 359 g/mol. The van der Waals surface area contributed by atoms with Crippen molar-refractivity contribution in [3.63, 3.8) is 0 Å². The summed E-state index contributed by atoms with van der Waals surface area (Å²) in [7, 11) is 0. The summed E-state index contributed by atoms with van der Waals surface area (Å²) in [6.45, 7) is 5.57. The van der Waals surface area contributed by atoms with Gasteiger partial charge in [0, 0.05) is 0 Å². The highest BCUT2D eigenvalue weighted by Gasteiger charge is 2.05. The zero-order valence-electron chi connectivity index (χ0n) is 12.6. The maximum absolute atomic E-state index is 2.28. The van der Waals surface area contributed by atoms with Gasteiger partial charge in [-0.2, -0.15) is 0 Å². The summed E-state index contributed by atoms with van der Waals surface area (Å²) in [5.41, 5.74) is 2.63. The average molecular weight is 384 g/mol. The lowest BCUT2D eigenvalue weighted by molar-refractivity contribution is -0.595. The van der Waals surface area contributed by atoms with Crippen LogP contribution in [0.4, 0.5) is 0 Å².